The third kappa shape index (κ3) is 3.52. The highest BCUT2D eigenvalue weighted by molar-refractivity contribution is 9.10. The SMILES string of the molecule is Cc1ccc(CNc2c(C)cc(C)cc2Br)c(Cl)c1. The molecule has 3 heteroatoms. The summed E-state index contributed by atoms with van der Waals surface area (Å²) in [6, 6.07) is 10.4. The smallest absolute Gasteiger partial charge is 0.0517 e. The molecule has 0 spiro atoms. The predicted molar refractivity (Wildman–Crippen MR) is 87.1 cm³/mol. The highest BCUT2D eigenvalue weighted by Gasteiger charge is 2.06. The lowest BCUT2D eigenvalue weighted by Gasteiger charge is -2.14. The predicted octanol–water partition coefficient (Wildman–Crippen LogP) is 5.64. The van der Waals surface area contributed by atoms with Crippen LogP contribution in [0, 0.1) is 20.8 Å². The molecule has 19 heavy (non-hydrogen) atoms. The van der Waals surface area contributed by atoms with Gasteiger partial charge in [0, 0.05) is 16.0 Å². The van der Waals surface area contributed by atoms with Gasteiger partial charge in [-0.2, -0.15) is 0 Å². The maximum atomic E-state index is 6.25. The number of rotatable bonds is 3. The van der Waals surface area contributed by atoms with E-state index in [1.807, 2.05) is 13.0 Å². The van der Waals surface area contributed by atoms with Gasteiger partial charge in [0.25, 0.3) is 0 Å². The maximum Gasteiger partial charge on any atom is 0.0517 e. The van der Waals surface area contributed by atoms with Crippen molar-refractivity contribution in [1.82, 2.24) is 0 Å². The van der Waals surface area contributed by atoms with Crippen LogP contribution in [-0.4, -0.2) is 0 Å². The minimum absolute atomic E-state index is 0.724. The summed E-state index contributed by atoms with van der Waals surface area (Å²) in [5.74, 6) is 0. The minimum Gasteiger partial charge on any atom is -0.380 e. The van der Waals surface area contributed by atoms with Crippen LogP contribution in [0.2, 0.25) is 5.02 Å². The van der Waals surface area contributed by atoms with E-state index in [1.54, 1.807) is 0 Å². The van der Waals surface area contributed by atoms with Crippen molar-refractivity contribution < 1.29 is 0 Å². The molecule has 0 fully saturated rings. The van der Waals surface area contributed by atoms with E-state index in [0.29, 0.717) is 0 Å². The van der Waals surface area contributed by atoms with Gasteiger partial charge in [-0.25, -0.2) is 0 Å². The Kier molecular flexibility index (Phi) is 4.54. The summed E-state index contributed by atoms with van der Waals surface area (Å²) >= 11 is 9.85. The molecule has 100 valence electrons. The van der Waals surface area contributed by atoms with Gasteiger partial charge in [0.2, 0.25) is 0 Å². The molecule has 0 aromatic heterocycles. The number of nitrogens with one attached hydrogen (secondary N) is 1. The summed E-state index contributed by atoms with van der Waals surface area (Å²) in [5.41, 5.74) is 5.90. The van der Waals surface area contributed by atoms with E-state index >= 15 is 0 Å². The van der Waals surface area contributed by atoms with Crippen molar-refractivity contribution in [1.29, 1.82) is 0 Å². The Hall–Kier alpha value is -0.990. The van der Waals surface area contributed by atoms with Gasteiger partial charge >= 0.3 is 0 Å². The Morgan fingerprint density at radius 2 is 1.79 bits per heavy atom. The van der Waals surface area contributed by atoms with Gasteiger partial charge in [-0.15, -0.1) is 0 Å². The zero-order valence-electron chi connectivity index (χ0n) is 11.3. The fraction of sp³-hybridized carbons (Fsp3) is 0.250. The molecule has 2 aromatic carbocycles. The number of anilines is 1. The van der Waals surface area contributed by atoms with E-state index in [2.05, 4.69) is 59.4 Å². The molecule has 2 aromatic rings. The van der Waals surface area contributed by atoms with Crippen LogP contribution < -0.4 is 5.32 Å². The van der Waals surface area contributed by atoms with Gasteiger partial charge in [0.1, 0.15) is 0 Å². The lowest BCUT2D eigenvalue weighted by Crippen LogP contribution is -2.03. The molecule has 0 aliphatic carbocycles. The minimum atomic E-state index is 0.724. The third-order valence-electron chi connectivity index (χ3n) is 3.10. The molecule has 0 saturated heterocycles. The van der Waals surface area contributed by atoms with Crippen molar-refractivity contribution >= 4 is 33.2 Å². The summed E-state index contributed by atoms with van der Waals surface area (Å²) in [6.07, 6.45) is 0. The van der Waals surface area contributed by atoms with Crippen LogP contribution in [0.15, 0.2) is 34.8 Å². The Bertz CT molecular complexity index is 585. The molecule has 1 nitrogen and oxygen atoms in total. The van der Waals surface area contributed by atoms with Gasteiger partial charge in [0.05, 0.1) is 5.69 Å². The van der Waals surface area contributed by atoms with Gasteiger partial charge in [-0.1, -0.05) is 29.8 Å². The zero-order valence-corrected chi connectivity index (χ0v) is 13.7. The summed E-state index contributed by atoms with van der Waals surface area (Å²) in [6.45, 7) is 6.97. The summed E-state index contributed by atoms with van der Waals surface area (Å²) in [4.78, 5) is 0. The van der Waals surface area contributed by atoms with Crippen molar-refractivity contribution in [2.45, 2.75) is 27.3 Å². The van der Waals surface area contributed by atoms with Gasteiger partial charge < -0.3 is 5.32 Å². The first-order valence-corrected chi connectivity index (χ1v) is 7.40. The average Bonchev–Trinajstić information content (AvgIpc) is 2.30. The van der Waals surface area contributed by atoms with Crippen molar-refractivity contribution in [2.24, 2.45) is 0 Å². The number of benzene rings is 2. The van der Waals surface area contributed by atoms with E-state index < -0.39 is 0 Å². The first-order valence-electron chi connectivity index (χ1n) is 6.23. The fourth-order valence-corrected chi connectivity index (χ4v) is 3.23. The molecular formula is C16H17BrClN. The van der Waals surface area contributed by atoms with Crippen molar-refractivity contribution in [2.75, 3.05) is 5.32 Å². The van der Waals surface area contributed by atoms with Crippen LogP contribution in [0.4, 0.5) is 5.69 Å². The second-order valence-corrected chi connectivity index (χ2v) is 6.15. The Labute approximate surface area is 128 Å². The van der Waals surface area contributed by atoms with Gasteiger partial charge in [-0.3, -0.25) is 0 Å². The second-order valence-electron chi connectivity index (χ2n) is 4.89. The van der Waals surface area contributed by atoms with Crippen LogP contribution in [0.25, 0.3) is 0 Å². The zero-order chi connectivity index (χ0) is 14.0. The first kappa shape index (κ1) is 14.4. The Balaban J connectivity index is 2.19. The molecule has 0 bridgehead atoms. The molecule has 2 rings (SSSR count). The van der Waals surface area contributed by atoms with Crippen LogP contribution in [-0.2, 0) is 6.54 Å². The number of hydrogen-bond acceptors (Lipinski definition) is 1. The highest BCUT2D eigenvalue weighted by Crippen LogP contribution is 2.29. The van der Waals surface area contributed by atoms with Crippen LogP contribution in [0.5, 0.6) is 0 Å². The van der Waals surface area contributed by atoms with Gasteiger partial charge in [-0.05, 0) is 71.1 Å². The van der Waals surface area contributed by atoms with Gasteiger partial charge in [0.15, 0.2) is 0 Å². The molecule has 1 N–H and O–H groups in total. The van der Waals surface area contributed by atoms with Crippen LogP contribution in [0.3, 0.4) is 0 Å². The van der Waals surface area contributed by atoms with Crippen LogP contribution in [0.1, 0.15) is 22.3 Å². The summed E-state index contributed by atoms with van der Waals surface area (Å²) < 4.78 is 1.09. The van der Waals surface area contributed by atoms with E-state index in [1.165, 1.54) is 16.7 Å². The summed E-state index contributed by atoms with van der Waals surface area (Å²) in [7, 11) is 0. The lowest BCUT2D eigenvalue weighted by molar-refractivity contribution is 1.13. The molecule has 0 saturated carbocycles. The van der Waals surface area contributed by atoms with E-state index in [4.69, 9.17) is 11.6 Å². The topological polar surface area (TPSA) is 12.0 Å². The standard InChI is InChI=1S/C16H17BrClN/c1-10-4-5-13(15(18)8-10)9-19-16-12(3)6-11(2)7-14(16)17/h4-8,19H,9H2,1-3H3. The van der Waals surface area contributed by atoms with Crippen molar-refractivity contribution in [3.8, 4) is 0 Å². The normalized spacial score (nSPS) is 10.6. The number of aryl methyl sites for hydroxylation is 3. The molecule has 0 heterocycles. The lowest BCUT2D eigenvalue weighted by atomic mass is 10.1. The summed E-state index contributed by atoms with van der Waals surface area (Å²) in [5, 5.41) is 4.27. The Morgan fingerprint density at radius 3 is 2.42 bits per heavy atom. The first-order chi connectivity index (χ1) is 8.97. The maximum absolute atomic E-state index is 6.25. The molecule has 0 radical (unpaired) electrons. The third-order valence-corrected chi connectivity index (χ3v) is 4.07. The Morgan fingerprint density at radius 1 is 1.05 bits per heavy atom. The molecule has 0 aliphatic heterocycles. The fourth-order valence-electron chi connectivity index (χ4n) is 2.12. The van der Waals surface area contributed by atoms with E-state index in [-0.39, 0.29) is 0 Å². The average molecular weight is 339 g/mol. The van der Waals surface area contributed by atoms with E-state index in [9.17, 15) is 0 Å². The molecule has 0 atom stereocenters. The molecular weight excluding hydrogens is 322 g/mol. The quantitative estimate of drug-likeness (QED) is 0.763. The molecule has 0 aliphatic rings. The van der Waals surface area contributed by atoms with Crippen molar-refractivity contribution in [3.05, 3.63) is 62.1 Å². The molecule has 0 unspecified atom stereocenters. The van der Waals surface area contributed by atoms with Crippen molar-refractivity contribution in [3.63, 3.8) is 0 Å². The highest BCUT2D eigenvalue weighted by atomic mass is 79.9. The number of hydrogen-bond donors (Lipinski definition) is 1. The monoisotopic (exact) mass is 337 g/mol. The largest absolute Gasteiger partial charge is 0.380 e. The molecule has 0 amide bonds. The second kappa shape index (κ2) is 5.98. The van der Waals surface area contributed by atoms with Crippen LogP contribution >= 0.6 is 27.5 Å². The number of halogens is 2. The van der Waals surface area contributed by atoms with E-state index in [0.717, 1.165) is 27.3 Å².